The maximum atomic E-state index is 12.0. The van der Waals surface area contributed by atoms with Crippen molar-refractivity contribution < 1.29 is 9.32 Å². The van der Waals surface area contributed by atoms with E-state index in [1.165, 1.54) is 19.3 Å². The highest BCUT2D eigenvalue weighted by Crippen LogP contribution is 2.33. The van der Waals surface area contributed by atoms with Crippen LogP contribution in [0.25, 0.3) is 0 Å². The van der Waals surface area contributed by atoms with Crippen molar-refractivity contribution in [2.24, 2.45) is 5.92 Å². The van der Waals surface area contributed by atoms with E-state index >= 15 is 0 Å². The van der Waals surface area contributed by atoms with Crippen LogP contribution in [0.15, 0.2) is 16.7 Å². The van der Waals surface area contributed by atoms with Crippen LogP contribution in [0.1, 0.15) is 67.5 Å². The number of nitrogens with zero attached hydrogens (tertiary/aromatic N) is 3. The Morgan fingerprint density at radius 2 is 2.22 bits per heavy atom. The summed E-state index contributed by atoms with van der Waals surface area (Å²) in [5.74, 6) is 1.31. The van der Waals surface area contributed by atoms with Crippen LogP contribution in [-0.4, -0.2) is 40.1 Å². The molecule has 1 N–H and O–H groups in total. The molecule has 2 fully saturated rings. The molecule has 2 aliphatic carbocycles. The molecule has 1 saturated heterocycles. The molecule has 2 heterocycles. The summed E-state index contributed by atoms with van der Waals surface area (Å²) in [6.07, 6.45) is 12.5. The summed E-state index contributed by atoms with van der Waals surface area (Å²) >= 11 is 0. The van der Waals surface area contributed by atoms with Crippen molar-refractivity contribution in [3.05, 3.63) is 23.9 Å². The third kappa shape index (κ3) is 3.47. The second-order valence-corrected chi connectivity index (χ2v) is 7.01. The Labute approximate surface area is 136 Å². The molecule has 3 aliphatic rings. The maximum absolute atomic E-state index is 12.0. The summed E-state index contributed by atoms with van der Waals surface area (Å²) < 4.78 is 5.41. The second kappa shape index (κ2) is 6.43. The number of allylic oxidation sites excluding steroid dienone is 2. The molecule has 1 aliphatic heterocycles. The predicted octanol–water partition coefficient (Wildman–Crippen LogP) is 2.46. The summed E-state index contributed by atoms with van der Waals surface area (Å²) in [4.78, 5) is 18.8. The minimum Gasteiger partial charge on any atom is -0.346 e. The van der Waals surface area contributed by atoms with Crippen LogP contribution in [0.3, 0.4) is 0 Å². The Bertz CT molecular complexity index is 593. The van der Waals surface area contributed by atoms with E-state index in [1.807, 2.05) is 0 Å². The lowest BCUT2D eigenvalue weighted by Gasteiger charge is -2.27. The van der Waals surface area contributed by atoms with E-state index in [0.717, 1.165) is 44.7 Å². The lowest BCUT2D eigenvalue weighted by Crippen LogP contribution is -2.30. The first-order valence-corrected chi connectivity index (χ1v) is 8.83. The average Bonchev–Trinajstić information content (AvgIpc) is 3.07. The van der Waals surface area contributed by atoms with E-state index in [4.69, 9.17) is 4.52 Å². The van der Waals surface area contributed by atoms with Gasteiger partial charge in [0.05, 0.1) is 6.04 Å². The molecular formula is C17H24N4O2. The van der Waals surface area contributed by atoms with Crippen LogP contribution in [0.2, 0.25) is 0 Å². The van der Waals surface area contributed by atoms with Crippen molar-refractivity contribution in [2.75, 3.05) is 13.1 Å². The van der Waals surface area contributed by atoms with Crippen molar-refractivity contribution in [1.29, 1.82) is 0 Å². The monoisotopic (exact) mass is 316 g/mol. The average molecular weight is 316 g/mol. The van der Waals surface area contributed by atoms with Crippen LogP contribution < -0.4 is 5.32 Å². The van der Waals surface area contributed by atoms with Gasteiger partial charge in [-0.25, -0.2) is 0 Å². The fourth-order valence-electron chi connectivity index (χ4n) is 3.62. The summed E-state index contributed by atoms with van der Waals surface area (Å²) in [6.45, 7) is 2.16. The summed E-state index contributed by atoms with van der Waals surface area (Å²) in [6, 6.07) is 0.489. The van der Waals surface area contributed by atoms with Gasteiger partial charge in [-0.2, -0.15) is 4.98 Å². The third-order valence-electron chi connectivity index (χ3n) is 5.08. The first-order chi connectivity index (χ1) is 11.3. The van der Waals surface area contributed by atoms with E-state index < -0.39 is 0 Å². The molecule has 23 heavy (non-hydrogen) atoms. The zero-order valence-corrected chi connectivity index (χ0v) is 13.4. The van der Waals surface area contributed by atoms with Gasteiger partial charge in [0.2, 0.25) is 5.89 Å². The molecule has 1 saturated carbocycles. The minimum atomic E-state index is -0.204. The highest BCUT2D eigenvalue weighted by Gasteiger charge is 2.33. The Kier molecular flexibility index (Phi) is 4.16. The molecule has 2 atom stereocenters. The number of hydrogen-bond acceptors (Lipinski definition) is 5. The molecule has 0 aromatic carbocycles. The zero-order valence-electron chi connectivity index (χ0n) is 13.4. The van der Waals surface area contributed by atoms with Crippen LogP contribution >= 0.6 is 0 Å². The Morgan fingerprint density at radius 3 is 3.00 bits per heavy atom. The zero-order chi connectivity index (χ0) is 15.6. The van der Waals surface area contributed by atoms with Crippen LogP contribution in [-0.2, 0) is 0 Å². The second-order valence-electron chi connectivity index (χ2n) is 7.01. The molecular weight excluding hydrogens is 292 g/mol. The fourth-order valence-corrected chi connectivity index (χ4v) is 3.62. The Balaban J connectivity index is 1.40. The fraction of sp³-hybridized carbons (Fsp3) is 0.706. The number of rotatable bonds is 5. The van der Waals surface area contributed by atoms with Crippen molar-refractivity contribution in [1.82, 2.24) is 20.4 Å². The van der Waals surface area contributed by atoms with Crippen LogP contribution in [0.4, 0.5) is 0 Å². The summed E-state index contributed by atoms with van der Waals surface area (Å²) in [7, 11) is 0. The van der Waals surface area contributed by atoms with Gasteiger partial charge in [-0.05, 0) is 57.4 Å². The van der Waals surface area contributed by atoms with Gasteiger partial charge in [0.25, 0.3) is 11.7 Å². The number of nitrogens with one attached hydrogen (secondary N) is 1. The van der Waals surface area contributed by atoms with E-state index in [9.17, 15) is 4.79 Å². The molecule has 0 unspecified atom stereocenters. The topological polar surface area (TPSA) is 71.3 Å². The molecule has 1 aromatic heterocycles. The molecule has 4 rings (SSSR count). The molecule has 6 heteroatoms. The summed E-state index contributed by atoms with van der Waals surface area (Å²) in [5.41, 5.74) is 0. The number of amides is 1. The number of aromatic nitrogens is 2. The van der Waals surface area contributed by atoms with E-state index in [0.29, 0.717) is 11.9 Å². The first-order valence-electron chi connectivity index (χ1n) is 8.83. The van der Waals surface area contributed by atoms with Gasteiger partial charge in [0, 0.05) is 12.6 Å². The molecule has 1 amide bonds. The van der Waals surface area contributed by atoms with E-state index in [-0.39, 0.29) is 17.8 Å². The van der Waals surface area contributed by atoms with Crippen molar-refractivity contribution >= 4 is 5.91 Å². The minimum absolute atomic E-state index is 0.177. The van der Waals surface area contributed by atoms with Gasteiger partial charge < -0.3 is 9.84 Å². The highest BCUT2D eigenvalue weighted by molar-refractivity contribution is 5.90. The number of likely N-dealkylation sites (tertiary alicyclic amines) is 1. The lowest BCUT2D eigenvalue weighted by molar-refractivity contribution is 0.0937. The van der Waals surface area contributed by atoms with Gasteiger partial charge in [0.15, 0.2) is 0 Å². The first kappa shape index (κ1) is 14.9. The van der Waals surface area contributed by atoms with E-state index in [1.54, 1.807) is 0 Å². The van der Waals surface area contributed by atoms with Crippen LogP contribution in [0, 0.1) is 5.92 Å². The smallest absolute Gasteiger partial charge is 0.292 e. The SMILES string of the molecule is O=C(NC1CC1)c1noc([C@H]2CCCN2C[C@H]2CC=CCC2)n1. The maximum Gasteiger partial charge on any atom is 0.292 e. The van der Waals surface area contributed by atoms with Crippen molar-refractivity contribution in [2.45, 2.75) is 57.0 Å². The molecule has 124 valence electrons. The third-order valence-corrected chi connectivity index (χ3v) is 5.08. The highest BCUT2D eigenvalue weighted by atomic mass is 16.5. The standard InChI is InChI=1S/C17H24N4O2/c22-16(18-13-8-9-13)15-19-17(23-20-15)14-7-4-10-21(14)11-12-5-2-1-3-6-12/h1-2,12-14H,3-11H2,(H,18,22)/t12-,14+/m0/s1. The lowest BCUT2D eigenvalue weighted by atomic mass is 9.94. The predicted molar refractivity (Wildman–Crippen MR) is 84.8 cm³/mol. The van der Waals surface area contributed by atoms with E-state index in [2.05, 4.69) is 32.5 Å². The van der Waals surface area contributed by atoms with Gasteiger partial charge >= 0.3 is 0 Å². The van der Waals surface area contributed by atoms with Gasteiger partial charge in [-0.1, -0.05) is 17.3 Å². The normalized spacial score (nSPS) is 28.2. The van der Waals surface area contributed by atoms with Gasteiger partial charge in [-0.3, -0.25) is 9.69 Å². The van der Waals surface area contributed by atoms with Crippen molar-refractivity contribution in [3.8, 4) is 0 Å². The Morgan fingerprint density at radius 1 is 1.30 bits per heavy atom. The quantitative estimate of drug-likeness (QED) is 0.845. The molecule has 1 aromatic rings. The molecule has 0 spiro atoms. The molecule has 0 bridgehead atoms. The van der Waals surface area contributed by atoms with Crippen LogP contribution in [0.5, 0.6) is 0 Å². The van der Waals surface area contributed by atoms with Gasteiger partial charge in [-0.15, -0.1) is 0 Å². The summed E-state index contributed by atoms with van der Waals surface area (Å²) in [5, 5.41) is 6.79. The largest absolute Gasteiger partial charge is 0.346 e. The van der Waals surface area contributed by atoms with Crippen molar-refractivity contribution in [3.63, 3.8) is 0 Å². The number of hydrogen-bond donors (Lipinski definition) is 1. The van der Waals surface area contributed by atoms with Gasteiger partial charge in [0.1, 0.15) is 0 Å². The number of carbonyl (C=O) groups excluding carboxylic acids is 1. The Hall–Kier alpha value is -1.69. The molecule has 6 nitrogen and oxygen atoms in total. The number of carbonyl (C=O) groups is 1. The molecule has 0 radical (unpaired) electrons.